The van der Waals surface area contributed by atoms with E-state index in [-0.39, 0.29) is 23.1 Å². The normalized spacial score (nSPS) is 11.7. The largest absolute Gasteiger partial charge is 0.322 e. The van der Waals surface area contributed by atoms with Crippen LogP contribution >= 0.6 is 35.0 Å². The summed E-state index contributed by atoms with van der Waals surface area (Å²) in [4.78, 5) is 25.7. The predicted octanol–water partition coefficient (Wildman–Crippen LogP) is 7.31. The minimum atomic E-state index is -1.70. The molecule has 0 aliphatic heterocycles. The maximum absolute atomic E-state index is 13.9. The lowest BCUT2D eigenvalue weighted by molar-refractivity contribution is -0.115. The Hall–Kier alpha value is -2.75. The van der Waals surface area contributed by atoms with E-state index in [0.29, 0.717) is 15.6 Å². The standard InChI is InChI=1S/C23H16Cl2F4N2O2S/c1-2-18(23(33)31-21-19(28)16(26)10-17(27)20(21)29)34-13-5-3-4-12(9-13)30-22(32)14-7-6-11(24)8-15(14)25/h3-10,18H,2H2,1H3,(H,30,32)(H,31,33). The van der Waals surface area contributed by atoms with Crippen molar-refractivity contribution >= 4 is 58.2 Å². The number of carbonyl (C=O) groups is 2. The van der Waals surface area contributed by atoms with Crippen LogP contribution in [0.2, 0.25) is 10.0 Å². The fraction of sp³-hybridized carbons (Fsp3) is 0.130. The maximum atomic E-state index is 13.9. The second kappa shape index (κ2) is 11.1. The molecule has 0 spiro atoms. The molecule has 1 unspecified atom stereocenters. The lowest BCUT2D eigenvalue weighted by Gasteiger charge is -2.16. The van der Waals surface area contributed by atoms with E-state index in [2.05, 4.69) is 5.32 Å². The SMILES string of the molecule is CCC(Sc1cccc(NC(=O)c2ccc(Cl)cc2Cl)c1)C(=O)Nc1c(F)c(F)cc(F)c1F. The number of carbonyl (C=O) groups excluding carboxylic acids is 2. The molecule has 2 N–H and O–H groups in total. The maximum Gasteiger partial charge on any atom is 0.257 e. The molecular weight excluding hydrogens is 515 g/mol. The second-order valence-corrected chi connectivity index (χ2v) is 9.07. The van der Waals surface area contributed by atoms with E-state index in [1.54, 1.807) is 31.2 Å². The van der Waals surface area contributed by atoms with Crippen molar-refractivity contribution in [3.8, 4) is 0 Å². The molecule has 11 heteroatoms. The average Bonchev–Trinajstić information content (AvgIpc) is 2.79. The van der Waals surface area contributed by atoms with E-state index in [0.717, 1.165) is 11.8 Å². The van der Waals surface area contributed by atoms with E-state index >= 15 is 0 Å². The minimum Gasteiger partial charge on any atom is -0.322 e. The Balaban J connectivity index is 1.74. The van der Waals surface area contributed by atoms with Gasteiger partial charge in [-0.15, -0.1) is 11.8 Å². The average molecular weight is 531 g/mol. The van der Waals surface area contributed by atoms with E-state index in [9.17, 15) is 27.2 Å². The highest BCUT2D eigenvalue weighted by atomic mass is 35.5. The Morgan fingerprint density at radius 1 is 0.941 bits per heavy atom. The number of hydrogen-bond donors (Lipinski definition) is 2. The van der Waals surface area contributed by atoms with Crippen LogP contribution in [0.25, 0.3) is 0 Å². The zero-order chi connectivity index (χ0) is 25.0. The van der Waals surface area contributed by atoms with Gasteiger partial charge in [0.05, 0.1) is 15.8 Å². The number of anilines is 2. The van der Waals surface area contributed by atoms with Gasteiger partial charge in [-0.25, -0.2) is 17.6 Å². The van der Waals surface area contributed by atoms with Crippen LogP contribution in [0.15, 0.2) is 53.4 Å². The van der Waals surface area contributed by atoms with Crippen LogP contribution in [-0.2, 0) is 4.79 Å². The first kappa shape index (κ1) is 25.9. The Labute approximate surface area is 206 Å². The second-order valence-electron chi connectivity index (χ2n) is 6.95. The summed E-state index contributed by atoms with van der Waals surface area (Å²) in [5, 5.41) is 4.30. The molecule has 3 aromatic rings. The number of halogens is 6. The molecule has 0 bridgehead atoms. The third-order valence-electron chi connectivity index (χ3n) is 4.57. The quantitative estimate of drug-likeness (QED) is 0.191. The summed E-state index contributed by atoms with van der Waals surface area (Å²) >= 11 is 12.9. The third kappa shape index (κ3) is 6.02. The number of amides is 2. The highest BCUT2D eigenvalue weighted by Crippen LogP contribution is 2.31. The topological polar surface area (TPSA) is 58.2 Å². The van der Waals surface area contributed by atoms with E-state index < -0.39 is 46.0 Å². The first-order chi connectivity index (χ1) is 16.1. The Morgan fingerprint density at radius 2 is 1.62 bits per heavy atom. The molecule has 0 fully saturated rings. The number of rotatable bonds is 7. The number of thioether (sulfide) groups is 1. The first-order valence-electron chi connectivity index (χ1n) is 9.77. The van der Waals surface area contributed by atoms with Gasteiger partial charge in [0, 0.05) is 21.7 Å². The van der Waals surface area contributed by atoms with Crippen molar-refractivity contribution in [1.29, 1.82) is 0 Å². The van der Waals surface area contributed by atoms with E-state index in [1.165, 1.54) is 18.2 Å². The van der Waals surface area contributed by atoms with Gasteiger partial charge in [0.1, 0.15) is 5.69 Å². The molecule has 178 valence electrons. The van der Waals surface area contributed by atoms with Crippen molar-refractivity contribution in [2.24, 2.45) is 0 Å². The molecule has 1 atom stereocenters. The van der Waals surface area contributed by atoms with Crippen molar-refractivity contribution in [2.75, 3.05) is 10.6 Å². The summed E-state index contributed by atoms with van der Waals surface area (Å²) in [6, 6.07) is 11.0. The summed E-state index contributed by atoms with van der Waals surface area (Å²) in [6.07, 6.45) is 0.231. The Kier molecular flexibility index (Phi) is 8.46. The summed E-state index contributed by atoms with van der Waals surface area (Å²) in [5.41, 5.74) is -0.579. The zero-order valence-electron chi connectivity index (χ0n) is 17.4. The van der Waals surface area contributed by atoms with Crippen molar-refractivity contribution in [3.63, 3.8) is 0 Å². The van der Waals surface area contributed by atoms with Gasteiger partial charge in [-0.05, 0) is 42.8 Å². The molecule has 0 aromatic heterocycles. The molecule has 0 saturated heterocycles. The molecule has 34 heavy (non-hydrogen) atoms. The molecule has 3 rings (SSSR count). The number of benzene rings is 3. The van der Waals surface area contributed by atoms with E-state index in [1.807, 2.05) is 5.32 Å². The minimum absolute atomic E-state index is 0.0589. The Morgan fingerprint density at radius 3 is 2.24 bits per heavy atom. The van der Waals surface area contributed by atoms with Crippen LogP contribution < -0.4 is 10.6 Å². The van der Waals surface area contributed by atoms with Gasteiger partial charge in [0.15, 0.2) is 23.3 Å². The molecule has 3 aromatic carbocycles. The molecule has 0 aliphatic carbocycles. The van der Waals surface area contributed by atoms with Gasteiger partial charge in [0.25, 0.3) is 5.91 Å². The summed E-state index contributed by atoms with van der Waals surface area (Å²) in [7, 11) is 0. The summed E-state index contributed by atoms with van der Waals surface area (Å²) in [5.74, 6) is -7.97. The van der Waals surface area contributed by atoms with Gasteiger partial charge in [-0.3, -0.25) is 9.59 Å². The van der Waals surface area contributed by atoms with Crippen molar-refractivity contribution in [3.05, 3.63) is 87.4 Å². The smallest absolute Gasteiger partial charge is 0.257 e. The van der Waals surface area contributed by atoms with Gasteiger partial charge in [0.2, 0.25) is 5.91 Å². The van der Waals surface area contributed by atoms with Gasteiger partial charge in [-0.1, -0.05) is 36.2 Å². The third-order valence-corrected chi connectivity index (χ3v) is 6.48. The van der Waals surface area contributed by atoms with Crippen molar-refractivity contribution in [1.82, 2.24) is 0 Å². The van der Waals surface area contributed by atoms with Crippen LogP contribution in [-0.4, -0.2) is 17.1 Å². The predicted molar refractivity (Wildman–Crippen MR) is 126 cm³/mol. The van der Waals surface area contributed by atoms with Crippen molar-refractivity contribution in [2.45, 2.75) is 23.5 Å². The van der Waals surface area contributed by atoms with Crippen LogP contribution in [0.5, 0.6) is 0 Å². The lowest BCUT2D eigenvalue weighted by Crippen LogP contribution is -2.26. The summed E-state index contributed by atoms with van der Waals surface area (Å²) in [6.45, 7) is 1.66. The molecule has 4 nitrogen and oxygen atoms in total. The molecule has 0 radical (unpaired) electrons. The van der Waals surface area contributed by atoms with Crippen LogP contribution in [0.4, 0.5) is 28.9 Å². The highest BCUT2D eigenvalue weighted by molar-refractivity contribution is 8.00. The summed E-state index contributed by atoms with van der Waals surface area (Å²) < 4.78 is 54.7. The monoisotopic (exact) mass is 530 g/mol. The fourth-order valence-corrected chi connectivity index (χ4v) is 4.40. The molecular formula is C23H16Cl2F4N2O2S. The van der Waals surface area contributed by atoms with Crippen molar-refractivity contribution < 1.29 is 27.2 Å². The zero-order valence-corrected chi connectivity index (χ0v) is 19.7. The van der Waals surface area contributed by atoms with Crippen LogP contribution in [0.3, 0.4) is 0 Å². The van der Waals surface area contributed by atoms with Gasteiger partial charge >= 0.3 is 0 Å². The molecule has 2 amide bonds. The number of nitrogens with one attached hydrogen (secondary N) is 2. The van der Waals surface area contributed by atoms with E-state index in [4.69, 9.17) is 23.2 Å². The van der Waals surface area contributed by atoms with Crippen LogP contribution in [0.1, 0.15) is 23.7 Å². The molecule has 0 heterocycles. The first-order valence-corrected chi connectivity index (χ1v) is 11.4. The fourth-order valence-electron chi connectivity index (χ4n) is 2.89. The van der Waals surface area contributed by atoms with Gasteiger partial charge in [-0.2, -0.15) is 0 Å². The number of hydrogen-bond acceptors (Lipinski definition) is 3. The molecule has 0 saturated carbocycles. The van der Waals surface area contributed by atoms with Gasteiger partial charge < -0.3 is 10.6 Å². The Bertz CT molecular complexity index is 1230. The highest BCUT2D eigenvalue weighted by Gasteiger charge is 2.25. The molecule has 0 aliphatic rings. The van der Waals surface area contributed by atoms with Crippen LogP contribution in [0, 0.1) is 23.3 Å². The lowest BCUT2D eigenvalue weighted by atomic mass is 10.2.